The van der Waals surface area contributed by atoms with Gasteiger partial charge in [0.15, 0.2) is 0 Å². The highest BCUT2D eigenvalue weighted by Crippen LogP contribution is 2.25. The third kappa shape index (κ3) is 14.1. The maximum Gasteiger partial charge on any atom is 0.466 e. The zero-order valence-corrected chi connectivity index (χ0v) is 9.67. The molecule has 0 bridgehead atoms. The minimum atomic E-state index is -4.64. The molecule has 0 saturated carbocycles. The van der Waals surface area contributed by atoms with E-state index < -0.39 is 26.1 Å². The summed E-state index contributed by atoms with van der Waals surface area (Å²) in [5, 5.41) is 27.8. The van der Waals surface area contributed by atoms with Crippen LogP contribution in [0.25, 0.3) is 0 Å². The lowest BCUT2D eigenvalue weighted by atomic mass is 10.1. The molecule has 0 aliphatic rings. The van der Waals surface area contributed by atoms with E-state index in [1.807, 2.05) is 0 Å². The Hall–Kier alpha value is 0.0800. The molecule has 3 atom stereocenters. The molecule has 92 valence electrons. The largest absolute Gasteiger partial charge is 0.466 e. The van der Waals surface area contributed by atoms with Crippen molar-refractivity contribution in [3.8, 4) is 0 Å². The Kier molecular flexibility index (Phi) is 9.62. The molecule has 0 spiro atoms. The van der Waals surface area contributed by atoms with Gasteiger partial charge < -0.3 is 30.0 Å². The first-order valence-electron chi connectivity index (χ1n) is 3.91. The number of aliphatic hydroxyl groups excluding tert-OH is 3. The number of hydrogen-bond acceptors (Lipinski definition) is 5. The standard InChI is InChI=1S/C6H12O3S.H3O4P/c1-2-4(7)6(9)5(8)3-10;1-5(2,3)4/h3-9H,2H2,1H3;(H3,1,2,3,4)/t4-,5+,6-;/m1./s1. The summed E-state index contributed by atoms with van der Waals surface area (Å²) in [6, 6.07) is 0. The molecule has 7 nitrogen and oxygen atoms in total. The van der Waals surface area contributed by atoms with Crippen LogP contribution >= 0.6 is 20.0 Å². The molecule has 0 aliphatic carbocycles. The molecule has 0 fully saturated rings. The van der Waals surface area contributed by atoms with E-state index in [1.54, 1.807) is 6.92 Å². The van der Waals surface area contributed by atoms with Crippen molar-refractivity contribution in [1.29, 1.82) is 0 Å². The van der Waals surface area contributed by atoms with Crippen LogP contribution in [0.4, 0.5) is 0 Å². The Morgan fingerprint density at radius 2 is 1.60 bits per heavy atom. The molecule has 0 unspecified atom stereocenters. The maximum atomic E-state index is 8.99. The number of hydrogen-bond donors (Lipinski definition) is 6. The molecule has 0 saturated heterocycles. The Labute approximate surface area is 92.2 Å². The summed E-state index contributed by atoms with van der Waals surface area (Å²) in [5.41, 5.74) is 0. The highest BCUT2D eigenvalue weighted by molar-refractivity contribution is 7.79. The molecule has 0 amide bonds. The lowest BCUT2D eigenvalue weighted by Crippen LogP contribution is -2.37. The van der Waals surface area contributed by atoms with Gasteiger partial charge in [0.05, 0.1) is 6.10 Å². The Balaban J connectivity index is 0. The number of thiocarbonyl (C=S) groups is 1. The van der Waals surface area contributed by atoms with E-state index in [1.165, 1.54) is 0 Å². The fraction of sp³-hybridized carbons (Fsp3) is 0.833. The average molecular weight is 262 g/mol. The lowest BCUT2D eigenvalue weighted by Gasteiger charge is -2.18. The van der Waals surface area contributed by atoms with Crippen molar-refractivity contribution in [1.82, 2.24) is 0 Å². The van der Waals surface area contributed by atoms with Gasteiger partial charge in [0.25, 0.3) is 0 Å². The number of rotatable bonds is 4. The summed E-state index contributed by atoms with van der Waals surface area (Å²) >= 11 is 4.37. The molecule has 0 aromatic rings. The summed E-state index contributed by atoms with van der Waals surface area (Å²) in [6.07, 6.45) is -2.75. The van der Waals surface area contributed by atoms with Crippen molar-refractivity contribution < 1.29 is 34.6 Å². The van der Waals surface area contributed by atoms with Gasteiger partial charge in [-0.3, -0.25) is 0 Å². The molecule has 0 radical (unpaired) electrons. The van der Waals surface area contributed by atoms with E-state index >= 15 is 0 Å². The lowest BCUT2D eigenvalue weighted by molar-refractivity contribution is -0.0331. The van der Waals surface area contributed by atoms with E-state index in [0.717, 1.165) is 5.37 Å². The van der Waals surface area contributed by atoms with Crippen molar-refractivity contribution in [3.63, 3.8) is 0 Å². The molecule has 0 rings (SSSR count). The third-order valence-electron chi connectivity index (χ3n) is 1.30. The Bertz CT molecular complexity index is 209. The van der Waals surface area contributed by atoms with Crippen molar-refractivity contribution in [2.75, 3.05) is 0 Å². The molecule has 6 N–H and O–H groups in total. The second kappa shape index (κ2) is 8.26. The third-order valence-corrected chi connectivity index (χ3v) is 1.58. The number of phosphoric acid groups is 1. The summed E-state index contributed by atoms with van der Waals surface area (Å²) in [7, 11) is -4.64. The SMILES string of the molecule is CC[C@@H](O)[C@@H](O)[C@@H](O)C=S.O=P(O)(O)O. The summed E-state index contributed by atoms with van der Waals surface area (Å²) < 4.78 is 8.88. The molecule has 0 aromatic carbocycles. The minimum absolute atomic E-state index is 0.404. The fourth-order valence-electron chi connectivity index (χ4n) is 0.550. The molecule has 0 heterocycles. The zero-order chi connectivity index (χ0) is 12.6. The van der Waals surface area contributed by atoms with Crippen LogP contribution in [0, 0.1) is 0 Å². The maximum absolute atomic E-state index is 8.99. The highest BCUT2D eigenvalue weighted by atomic mass is 32.1. The van der Waals surface area contributed by atoms with Crippen LogP contribution in [0.1, 0.15) is 13.3 Å². The first-order valence-corrected chi connectivity index (χ1v) is 5.94. The summed E-state index contributed by atoms with van der Waals surface area (Å²) in [6.45, 7) is 1.71. The molecule has 0 aliphatic heterocycles. The van der Waals surface area contributed by atoms with Gasteiger partial charge in [-0.25, -0.2) is 4.57 Å². The van der Waals surface area contributed by atoms with Crippen LogP contribution < -0.4 is 0 Å². The summed E-state index contributed by atoms with van der Waals surface area (Å²) in [4.78, 5) is 21.6. The van der Waals surface area contributed by atoms with Crippen molar-refractivity contribution in [3.05, 3.63) is 0 Å². The normalized spacial score (nSPS) is 17.0. The fourth-order valence-corrected chi connectivity index (χ4v) is 0.711. The minimum Gasteiger partial charge on any atom is -0.390 e. The first-order chi connectivity index (χ1) is 6.63. The topological polar surface area (TPSA) is 138 Å². The molecule has 15 heavy (non-hydrogen) atoms. The van der Waals surface area contributed by atoms with E-state index in [9.17, 15) is 0 Å². The number of aliphatic hydroxyl groups is 3. The van der Waals surface area contributed by atoms with E-state index in [2.05, 4.69) is 12.2 Å². The van der Waals surface area contributed by atoms with Crippen LogP contribution in [0.2, 0.25) is 0 Å². The quantitative estimate of drug-likeness (QED) is 0.267. The van der Waals surface area contributed by atoms with E-state index in [-0.39, 0.29) is 0 Å². The van der Waals surface area contributed by atoms with Gasteiger partial charge in [-0.05, 0) is 6.42 Å². The highest BCUT2D eigenvalue weighted by Gasteiger charge is 2.20. The predicted molar refractivity (Wildman–Crippen MR) is 56.2 cm³/mol. The van der Waals surface area contributed by atoms with Crippen LogP contribution in [-0.2, 0) is 4.57 Å². The molecular weight excluding hydrogens is 247 g/mol. The van der Waals surface area contributed by atoms with Crippen LogP contribution in [-0.4, -0.2) is 53.7 Å². The van der Waals surface area contributed by atoms with Gasteiger partial charge in [-0.15, -0.1) is 0 Å². The zero-order valence-electron chi connectivity index (χ0n) is 7.96. The van der Waals surface area contributed by atoms with Gasteiger partial charge in [0.1, 0.15) is 12.2 Å². The Morgan fingerprint density at radius 1 is 1.27 bits per heavy atom. The van der Waals surface area contributed by atoms with Gasteiger partial charge in [0, 0.05) is 5.37 Å². The van der Waals surface area contributed by atoms with Crippen LogP contribution in [0.3, 0.4) is 0 Å². The van der Waals surface area contributed by atoms with Gasteiger partial charge in [-0.1, -0.05) is 19.1 Å². The van der Waals surface area contributed by atoms with Crippen molar-refractivity contribution in [2.24, 2.45) is 0 Å². The molecular formula is C6H15O7PS. The van der Waals surface area contributed by atoms with Crippen molar-refractivity contribution in [2.45, 2.75) is 31.7 Å². The van der Waals surface area contributed by atoms with Gasteiger partial charge >= 0.3 is 7.82 Å². The predicted octanol–water partition coefficient (Wildman–Crippen LogP) is -1.45. The average Bonchev–Trinajstić information content (AvgIpc) is 2.11. The van der Waals surface area contributed by atoms with E-state index in [0.29, 0.717) is 6.42 Å². The Morgan fingerprint density at radius 3 is 1.80 bits per heavy atom. The van der Waals surface area contributed by atoms with E-state index in [4.69, 9.17) is 34.6 Å². The molecule has 0 aromatic heterocycles. The van der Waals surface area contributed by atoms with Crippen molar-refractivity contribution >= 4 is 25.4 Å². The summed E-state index contributed by atoms with van der Waals surface area (Å²) in [5.74, 6) is 0. The van der Waals surface area contributed by atoms with Crippen LogP contribution in [0.5, 0.6) is 0 Å². The van der Waals surface area contributed by atoms with Crippen LogP contribution in [0.15, 0.2) is 0 Å². The second-order valence-corrected chi connectivity index (χ2v) is 3.90. The monoisotopic (exact) mass is 262 g/mol. The van der Waals surface area contributed by atoms with Gasteiger partial charge in [0.2, 0.25) is 0 Å². The smallest absolute Gasteiger partial charge is 0.390 e. The molecule has 9 heteroatoms. The van der Waals surface area contributed by atoms with Gasteiger partial charge in [-0.2, -0.15) is 0 Å². The second-order valence-electron chi connectivity index (χ2n) is 2.61. The first kappa shape index (κ1) is 17.5.